The predicted molar refractivity (Wildman–Crippen MR) is 112 cm³/mol. The molecule has 0 aliphatic carbocycles. The Morgan fingerprint density at radius 2 is 1.36 bits per heavy atom. The topological polar surface area (TPSA) is 58.2 Å². The number of carbonyl (C=O) groups is 2. The fraction of sp³-hybridized carbons (Fsp3) is 0.130. The molecular weight excluding hydrogens is 372 g/mol. The van der Waals surface area contributed by atoms with Gasteiger partial charge in [-0.2, -0.15) is 0 Å². The molecule has 2 N–H and O–H groups in total. The van der Waals surface area contributed by atoms with Crippen molar-refractivity contribution in [3.8, 4) is 0 Å². The summed E-state index contributed by atoms with van der Waals surface area (Å²) in [6.07, 6.45) is 0.758. The maximum absolute atomic E-state index is 12.4. The summed E-state index contributed by atoms with van der Waals surface area (Å²) < 4.78 is 0. The van der Waals surface area contributed by atoms with Crippen LogP contribution in [0.5, 0.6) is 0 Å². The fourth-order valence-corrected chi connectivity index (χ4v) is 2.88. The number of halogens is 1. The monoisotopic (exact) mass is 392 g/mol. The van der Waals surface area contributed by atoms with Crippen LogP contribution in [0.4, 0.5) is 0 Å². The summed E-state index contributed by atoms with van der Waals surface area (Å²) in [5, 5.41) is 6.40. The lowest BCUT2D eigenvalue weighted by Crippen LogP contribution is -2.27. The van der Waals surface area contributed by atoms with Gasteiger partial charge in [-0.05, 0) is 47.9 Å². The Hall–Kier alpha value is -3.11. The Balaban J connectivity index is 1.54. The zero-order chi connectivity index (χ0) is 19.8. The minimum absolute atomic E-state index is 0.191. The number of rotatable bonds is 7. The van der Waals surface area contributed by atoms with Gasteiger partial charge in [0.05, 0.1) is 0 Å². The van der Waals surface area contributed by atoms with Crippen molar-refractivity contribution in [3.63, 3.8) is 0 Å². The third-order valence-electron chi connectivity index (χ3n) is 4.30. The van der Waals surface area contributed by atoms with Gasteiger partial charge >= 0.3 is 0 Å². The maximum atomic E-state index is 12.4. The third-order valence-corrected chi connectivity index (χ3v) is 4.55. The largest absolute Gasteiger partial charge is 0.352 e. The molecule has 0 saturated heterocycles. The molecule has 3 aromatic rings. The minimum atomic E-state index is -0.228. The Morgan fingerprint density at radius 1 is 0.714 bits per heavy atom. The van der Waals surface area contributed by atoms with Crippen molar-refractivity contribution in [1.29, 1.82) is 0 Å². The van der Waals surface area contributed by atoms with E-state index in [-0.39, 0.29) is 11.8 Å². The van der Waals surface area contributed by atoms with Gasteiger partial charge in [0, 0.05) is 29.2 Å². The van der Waals surface area contributed by atoms with E-state index in [1.54, 1.807) is 36.4 Å². The summed E-state index contributed by atoms with van der Waals surface area (Å²) in [7, 11) is 0. The molecule has 3 aromatic carbocycles. The van der Waals surface area contributed by atoms with Gasteiger partial charge in [-0.15, -0.1) is 0 Å². The first-order valence-corrected chi connectivity index (χ1v) is 9.44. The summed E-state index contributed by atoms with van der Waals surface area (Å²) in [5.74, 6) is -0.419. The van der Waals surface area contributed by atoms with Gasteiger partial charge in [-0.1, -0.05) is 60.1 Å². The van der Waals surface area contributed by atoms with Gasteiger partial charge in [-0.3, -0.25) is 9.59 Å². The molecule has 0 aromatic heterocycles. The molecule has 2 amide bonds. The first-order chi connectivity index (χ1) is 13.6. The molecular formula is C23H21ClN2O2. The quantitative estimate of drug-likeness (QED) is 0.631. The van der Waals surface area contributed by atoms with Crippen LogP contribution in [-0.2, 0) is 13.0 Å². The molecule has 5 heteroatoms. The van der Waals surface area contributed by atoms with Crippen molar-refractivity contribution in [2.24, 2.45) is 0 Å². The third kappa shape index (κ3) is 5.69. The number of benzene rings is 3. The summed E-state index contributed by atoms with van der Waals surface area (Å²) in [5.41, 5.74) is 3.03. The molecule has 0 heterocycles. The van der Waals surface area contributed by atoms with Crippen LogP contribution in [0.25, 0.3) is 0 Å². The van der Waals surface area contributed by atoms with Crippen molar-refractivity contribution in [1.82, 2.24) is 10.6 Å². The van der Waals surface area contributed by atoms with E-state index < -0.39 is 0 Å². The van der Waals surface area contributed by atoms with Crippen molar-refractivity contribution < 1.29 is 9.59 Å². The lowest BCUT2D eigenvalue weighted by molar-refractivity contribution is 0.0950. The van der Waals surface area contributed by atoms with Crippen LogP contribution in [0.15, 0.2) is 78.9 Å². The number of amides is 2. The molecule has 3 rings (SSSR count). The van der Waals surface area contributed by atoms with E-state index in [1.165, 1.54) is 0 Å². The Morgan fingerprint density at radius 3 is 2.04 bits per heavy atom. The fourth-order valence-electron chi connectivity index (χ4n) is 2.76. The predicted octanol–water partition coefficient (Wildman–Crippen LogP) is 4.24. The summed E-state index contributed by atoms with van der Waals surface area (Å²) in [6, 6.07) is 24.0. The van der Waals surface area contributed by atoms with Crippen LogP contribution in [0.2, 0.25) is 5.02 Å². The highest BCUT2D eigenvalue weighted by Gasteiger charge is 2.10. The Kier molecular flexibility index (Phi) is 6.82. The van der Waals surface area contributed by atoms with Gasteiger partial charge in [0.15, 0.2) is 0 Å². The zero-order valence-electron chi connectivity index (χ0n) is 15.3. The highest BCUT2D eigenvalue weighted by molar-refractivity contribution is 6.30. The molecule has 142 valence electrons. The van der Waals surface area contributed by atoms with Gasteiger partial charge < -0.3 is 10.6 Å². The van der Waals surface area contributed by atoms with Gasteiger partial charge in [0.2, 0.25) is 0 Å². The van der Waals surface area contributed by atoms with Crippen LogP contribution in [0, 0.1) is 0 Å². The lowest BCUT2D eigenvalue weighted by Gasteiger charge is -2.08. The summed E-state index contributed by atoms with van der Waals surface area (Å²) >= 11 is 5.86. The molecule has 0 radical (unpaired) electrons. The molecule has 28 heavy (non-hydrogen) atoms. The molecule has 0 spiro atoms. The first-order valence-electron chi connectivity index (χ1n) is 9.06. The molecule has 0 aliphatic rings. The zero-order valence-corrected chi connectivity index (χ0v) is 16.1. The van der Waals surface area contributed by atoms with Crippen molar-refractivity contribution >= 4 is 23.4 Å². The van der Waals surface area contributed by atoms with Crippen molar-refractivity contribution in [2.45, 2.75) is 13.0 Å². The standard InChI is InChI=1S/C23H21ClN2O2/c24-21-11-9-18(10-12-21)16-26-23(28)20-8-4-7-19(15-20)22(27)25-14-13-17-5-2-1-3-6-17/h1-12,15H,13-14,16H2,(H,25,27)(H,26,28). The molecule has 0 aliphatic heterocycles. The smallest absolute Gasteiger partial charge is 0.251 e. The van der Waals surface area contributed by atoms with Crippen LogP contribution in [-0.4, -0.2) is 18.4 Å². The number of nitrogens with one attached hydrogen (secondary N) is 2. The van der Waals surface area contributed by atoms with Gasteiger partial charge in [0.25, 0.3) is 11.8 Å². The van der Waals surface area contributed by atoms with Gasteiger partial charge in [-0.25, -0.2) is 0 Å². The van der Waals surface area contributed by atoms with E-state index in [1.807, 2.05) is 42.5 Å². The first kappa shape index (κ1) is 19.6. The summed E-state index contributed by atoms with van der Waals surface area (Å²) in [4.78, 5) is 24.8. The number of hydrogen-bond acceptors (Lipinski definition) is 2. The highest BCUT2D eigenvalue weighted by atomic mass is 35.5. The maximum Gasteiger partial charge on any atom is 0.251 e. The summed E-state index contributed by atoms with van der Waals surface area (Å²) in [6.45, 7) is 0.930. The normalized spacial score (nSPS) is 10.3. The second-order valence-corrected chi connectivity index (χ2v) is 6.82. The average Bonchev–Trinajstić information content (AvgIpc) is 2.74. The van der Waals surface area contributed by atoms with Crippen LogP contribution < -0.4 is 10.6 Å². The number of carbonyl (C=O) groups excluding carboxylic acids is 2. The van der Waals surface area contributed by atoms with E-state index in [9.17, 15) is 9.59 Å². The SMILES string of the molecule is O=C(NCCc1ccccc1)c1cccc(C(=O)NCc2ccc(Cl)cc2)c1. The lowest BCUT2D eigenvalue weighted by atomic mass is 10.1. The van der Waals surface area contributed by atoms with Crippen molar-refractivity contribution in [2.75, 3.05) is 6.54 Å². The number of hydrogen-bond donors (Lipinski definition) is 2. The molecule has 0 saturated carbocycles. The highest BCUT2D eigenvalue weighted by Crippen LogP contribution is 2.10. The minimum Gasteiger partial charge on any atom is -0.352 e. The van der Waals surface area contributed by atoms with Crippen LogP contribution in [0.3, 0.4) is 0 Å². The molecule has 0 atom stereocenters. The second kappa shape index (κ2) is 9.72. The van der Waals surface area contributed by atoms with E-state index in [2.05, 4.69) is 10.6 Å². The second-order valence-electron chi connectivity index (χ2n) is 6.38. The average molecular weight is 393 g/mol. The molecule has 4 nitrogen and oxygen atoms in total. The van der Waals surface area contributed by atoms with Crippen LogP contribution >= 0.6 is 11.6 Å². The van der Waals surface area contributed by atoms with Gasteiger partial charge in [0.1, 0.15) is 0 Å². The molecule has 0 fully saturated rings. The van der Waals surface area contributed by atoms with E-state index in [0.717, 1.165) is 17.5 Å². The Labute approximate surface area is 169 Å². The Bertz CT molecular complexity index is 940. The van der Waals surface area contributed by atoms with E-state index in [4.69, 9.17) is 11.6 Å². The van der Waals surface area contributed by atoms with E-state index in [0.29, 0.717) is 29.2 Å². The van der Waals surface area contributed by atoms with Crippen LogP contribution in [0.1, 0.15) is 31.8 Å². The molecule has 0 bridgehead atoms. The van der Waals surface area contributed by atoms with Crippen molar-refractivity contribution in [3.05, 3.63) is 106 Å². The van der Waals surface area contributed by atoms with E-state index >= 15 is 0 Å². The molecule has 0 unspecified atom stereocenters.